The number of nitrogens with two attached hydrogens (primary N) is 1. The lowest BCUT2D eigenvalue weighted by Gasteiger charge is -2.28. The van der Waals surface area contributed by atoms with Crippen LogP contribution in [0, 0.1) is 6.92 Å². The number of hydrogen-bond donors (Lipinski definition) is 1. The molecule has 0 radical (unpaired) electrons. The minimum Gasteiger partial charge on any atom is -0.494 e. The number of nitrogens with zero attached hydrogens (tertiary/aromatic N) is 1. The van der Waals surface area contributed by atoms with E-state index in [0.29, 0.717) is 11.5 Å². The summed E-state index contributed by atoms with van der Waals surface area (Å²) in [5.41, 5.74) is 5.70. The standard InChI is InChI=1S/C16H24N2O5/c1-10-7-11(21-5)14(12(8-10)22-6)18(13(19)9-17)15(20)23-16(2,3)4/h7-8H,9,17H2,1-6H3. The third kappa shape index (κ3) is 4.59. The van der Waals surface area contributed by atoms with Gasteiger partial charge in [0.05, 0.1) is 20.8 Å². The molecule has 2 amide bonds. The molecule has 0 saturated heterocycles. The summed E-state index contributed by atoms with van der Waals surface area (Å²) in [5.74, 6) is 0.00345. The maximum Gasteiger partial charge on any atom is 0.422 e. The van der Waals surface area contributed by atoms with Gasteiger partial charge in [0.15, 0.2) is 0 Å². The van der Waals surface area contributed by atoms with E-state index in [4.69, 9.17) is 19.9 Å². The molecule has 128 valence electrons. The van der Waals surface area contributed by atoms with Crippen LogP contribution in [-0.2, 0) is 9.53 Å². The van der Waals surface area contributed by atoms with Gasteiger partial charge in [-0.2, -0.15) is 0 Å². The van der Waals surface area contributed by atoms with Gasteiger partial charge in [-0.15, -0.1) is 0 Å². The topological polar surface area (TPSA) is 91.1 Å². The molecule has 0 heterocycles. The summed E-state index contributed by atoms with van der Waals surface area (Å²) in [6.45, 7) is 6.61. The van der Waals surface area contributed by atoms with Crippen LogP contribution in [0.5, 0.6) is 11.5 Å². The second kappa shape index (κ2) is 7.32. The maximum atomic E-state index is 12.5. The first-order valence-corrected chi connectivity index (χ1v) is 7.13. The fourth-order valence-electron chi connectivity index (χ4n) is 1.96. The van der Waals surface area contributed by atoms with Gasteiger partial charge in [0.25, 0.3) is 5.91 Å². The number of aryl methyl sites for hydroxylation is 1. The minimum absolute atomic E-state index is 0.172. The van der Waals surface area contributed by atoms with E-state index in [2.05, 4.69) is 0 Å². The Balaban J connectivity index is 3.49. The Bertz CT molecular complexity index is 568. The second-order valence-electron chi connectivity index (χ2n) is 5.93. The molecule has 0 fully saturated rings. The van der Waals surface area contributed by atoms with Crippen LogP contribution >= 0.6 is 0 Å². The van der Waals surface area contributed by atoms with E-state index in [1.807, 2.05) is 6.92 Å². The maximum absolute atomic E-state index is 12.5. The second-order valence-corrected chi connectivity index (χ2v) is 5.93. The highest BCUT2D eigenvalue weighted by Crippen LogP contribution is 2.39. The SMILES string of the molecule is COc1cc(C)cc(OC)c1N(C(=O)CN)C(=O)OC(C)(C)C. The Kier molecular flexibility index (Phi) is 5.98. The van der Waals surface area contributed by atoms with Crippen molar-refractivity contribution in [3.8, 4) is 11.5 Å². The van der Waals surface area contributed by atoms with Gasteiger partial charge >= 0.3 is 6.09 Å². The zero-order valence-corrected chi connectivity index (χ0v) is 14.4. The summed E-state index contributed by atoms with van der Waals surface area (Å²) in [6.07, 6.45) is -0.839. The van der Waals surface area contributed by atoms with E-state index in [0.717, 1.165) is 10.5 Å². The fraction of sp³-hybridized carbons (Fsp3) is 0.500. The van der Waals surface area contributed by atoms with E-state index >= 15 is 0 Å². The normalized spacial score (nSPS) is 10.9. The molecule has 1 aromatic carbocycles. The Hall–Kier alpha value is -2.28. The number of amides is 2. The first kappa shape index (κ1) is 18.8. The van der Waals surface area contributed by atoms with Crippen LogP contribution in [0.4, 0.5) is 10.5 Å². The first-order valence-electron chi connectivity index (χ1n) is 7.13. The zero-order chi connectivity index (χ0) is 17.8. The average Bonchev–Trinajstić information content (AvgIpc) is 2.45. The Morgan fingerprint density at radius 1 is 1.13 bits per heavy atom. The smallest absolute Gasteiger partial charge is 0.422 e. The minimum atomic E-state index is -0.839. The summed E-state index contributed by atoms with van der Waals surface area (Å²) in [5, 5.41) is 0. The zero-order valence-electron chi connectivity index (χ0n) is 14.4. The number of anilines is 1. The van der Waals surface area contributed by atoms with Crippen molar-refractivity contribution in [1.29, 1.82) is 0 Å². The van der Waals surface area contributed by atoms with Crippen molar-refractivity contribution in [1.82, 2.24) is 0 Å². The Labute approximate surface area is 136 Å². The summed E-state index contributed by atoms with van der Waals surface area (Å²) in [6, 6.07) is 3.39. The molecule has 7 heteroatoms. The average molecular weight is 324 g/mol. The van der Waals surface area contributed by atoms with Crippen molar-refractivity contribution in [3.63, 3.8) is 0 Å². The quantitative estimate of drug-likeness (QED) is 0.913. The fourth-order valence-corrected chi connectivity index (χ4v) is 1.96. The van der Waals surface area contributed by atoms with Crippen molar-refractivity contribution in [3.05, 3.63) is 17.7 Å². The molecular formula is C16H24N2O5. The molecule has 0 unspecified atom stereocenters. The molecule has 23 heavy (non-hydrogen) atoms. The molecule has 0 aliphatic heterocycles. The van der Waals surface area contributed by atoms with Crippen molar-refractivity contribution in [2.75, 3.05) is 25.7 Å². The molecule has 1 rings (SSSR count). The number of carbonyl (C=O) groups excluding carboxylic acids is 2. The molecule has 0 atom stereocenters. The summed E-state index contributed by atoms with van der Waals surface area (Å²) >= 11 is 0. The Morgan fingerprint density at radius 2 is 1.61 bits per heavy atom. The lowest BCUT2D eigenvalue weighted by Crippen LogP contribution is -2.44. The molecule has 0 spiro atoms. The van der Waals surface area contributed by atoms with Gasteiger partial charge in [0.1, 0.15) is 22.8 Å². The van der Waals surface area contributed by atoms with Crippen LogP contribution < -0.4 is 20.1 Å². The van der Waals surface area contributed by atoms with Crippen molar-refractivity contribution < 1.29 is 23.8 Å². The molecule has 0 saturated carbocycles. The molecule has 0 bridgehead atoms. The van der Waals surface area contributed by atoms with Gasteiger partial charge in [0.2, 0.25) is 0 Å². The van der Waals surface area contributed by atoms with Crippen LogP contribution in [0.1, 0.15) is 26.3 Å². The van der Waals surface area contributed by atoms with Gasteiger partial charge in [-0.3, -0.25) is 4.79 Å². The summed E-state index contributed by atoms with van der Waals surface area (Å²) in [4.78, 5) is 25.6. The van der Waals surface area contributed by atoms with Crippen LogP contribution in [0.25, 0.3) is 0 Å². The molecule has 1 aromatic rings. The molecule has 0 aromatic heterocycles. The number of ether oxygens (including phenoxy) is 3. The molecule has 7 nitrogen and oxygen atoms in total. The number of imide groups is 1. The van der Waals surface area contributed by atoms with Crippen molar-refractivity contribution in [2.24, 2.45) is 5.73 Å². The third-order valence-electron chi connectivity index (χ3n) is 2.85. The van der Waals surface area contributed by atoms with Gasteiger partial charge in [-0.1, -0.05) is 0 Å². The summed E-state index contributed by atoms with van der Waals surface area (Å²) < 4.78 is 15.9. The molecule has 0 aliphatic rings. The largest absolute Gasteiger partial charge is 0.494 e. The number of carbonyl (C=O) groups is 2. The van der Waals surface area contributed by atoms with Crippen LogP contribution in [-0.4, -0.2) is 38.4 Å². The Morgan fingerprint density at radius 3 is 1.96 bits per heavy atom. The third-order valence-corrected chi connectivity index (χ3v) is 2.85. The van der Waals surface area contributed by atoms with E-state index in [1.165, 1.54) is 14.2 Å². The van der Waals surface area contributed by atoms with Crippen molar-refractivity contribution >= 4 is 17.7 Å². The highest BCUT2D eigenvalue weighted by molar-refractivity contribution is 6.15. The van der Waals surface area contributed by atoms with Crippen molar-refractivity contribution in [2.45, 2.75) is 33.3 Å². The number of rotatable bonds is 4. The lowest BCUT2D eigenvalue weighted by atomic mass is 10.1. The highest BCUT2D eigenvalue weighted by Gasteiger charge is 2.32. The van der Waals surface area contributed by atoms with Gasteiger partial charge in [0, 0.05) is 0 Å². The van der Waals surface area contributed by atoms with E-state index in [-0.39, 0.29) is 12.2 Å². The van der Waals surface area contributed by atoms with Gasteiger partial charge < -0.3 is 19.9 Å². The van der Waals surface area contributed by atoms with E-state index < -0.39 is 17.6 Å². The van der Waals surface area contributed by atoms with Gasteiger partial charge in [-0.05, 0) is 45.4 Å². The molecular weight excluding hydrogens is 300 g/mol. The monoisotopic (exact) mass is 324 g/mol. The number of hydrogen-bond acceptors (Lipinski definition) is 6. The lowest BCUT2D eigenvalue weighted by molar-refractivity contribution is -0.117. The summed E-state index contributed by atoms with van der Waals surface area (Å²) in [7, 11) is 2.88. The van der Waals surface area contributed by atoms with Gasteiger partial charge in [-0.25, -0.2) is 9.69 Å². The number of methoxy groups -OCH3 is 2. The highest BCUT2D eigenvalue weighted by atomic mass is 16.6. The first-order chi connectivity index (χ1) is 10.6. The van der Waals surface area contributed by atoms with Crippen LogP contribution in [0.15, 0.2) is 12.1 Å². The van der Waals surface area contributed by atoms with E-state index in [9.17, 15) is 9.59 Å². The predicted molar refractivity (Wildman–Crippen MR) is 87.1 cm³/mol. The van der Waals surface area contributed by atoms with E-state index in [1.54, 1.807) is 32.9 Å². The van der Waals surface area contributed by atoms with Crippen LogP contribution in [0.2, 0.25) is 0 Å². The number of benzene rings is 1. The molecule has 0 aliphatic carbocycles. The molecule has 2 N–H and O–H groups in total. The van der Waals surface area contributed by atoms with Crippen LogP contribution in [0.3, 0.4) is 0 Å². The predicted octanol–water partition coefficient (Wildman–Crippen LogP) is 2.24.